The van der Waals surface area contributed by atoms with Crippen LogP contribution in [0.2, 0.25) is 0 Å². The van der Waals surface area contributed by atoms with E-state index in [9.17, 15) is 8.42 Å². The van der Waals surface area contributed by atoms with Crippen molar-refractivity contribution in [1.29, 1.82) is 0 Å². The number of anilines is 1. The lowest BCUT2D eigenvalue weighted by Crippen LogP contribution is -2.47. The van der Waals surface area contributed by atoms with Crippen LogP contribution in [0.3, 0.4) is 0 Å². The Morgan fingerprint density at radius 2 is 1.83 bits per heavy atom. The Balaban J connectivity index is 2.33. The summed E-state index contributed by atoms with van der Waals surface area (Å²) in [6.45, 7) is 2.50. The van der Waals surface area contributed by atoms with Crippen LogP contribution in [0.25, 0.3) is 0 Å². The molecule has 1 saturated heterocycles. The first-order valence-corrected chi connectivity index (χ1v) is 7.88. The number of hydrogen-bond acceptors (Lipinski definition) is 4. The lowest BCUT2D eigenvalue weighted by Gasteiger charge is -2.31. The van der Waals surface area contributed by atoms with E-state index >= 15 is 0 Å². The molecule has 1 aliphatic heterocycles. The van der Waals surface area contributed by atoms with Gasteiger partial charge in [0.2, 0.25) is 10.0 Å². The third-order valence-electron chi connectivity index (χ3n) is 3.06. The van der Waals surface area contributed by atoms with Crippen LogP contribution < -0.4 is 5.73 Å². The summed E-state index contributed by atoms with van der Waals surface area (Å²) in [6, 6.07) is 4.90. The quantitative estimate of drug-likeness (QED) is 0.819. The Morgan fingerprint density at radius 3 is 2.44 bits per heavy atom. The molecule has 1 aliphatic rings. The summed E-state index contributed by atoms with van der Waals surface area (Å²) in [5, 5.41) is 0. The average molecular weight is 334 g/mol. The maximum Gasteiger partial charge on any atom is 0.245 e. The molecule has 1 heterocycles. The van der Waals surface area contributed by atoms with Gasteiger partial charge in [-0.15, -0.1) is 0 Å². The first-order valence-electron chi connectivity index (χ1n) is 5.65. The van der Waals surface area contributed by atoms with Crippen LogP contribution in [0.15, 0.2) is 27.6 Å². The standard InChI is InChI=1S/C11H16BrN3O2S/c1-14-4-6-15(7-5-14)18(16,17)11-8-9(12)2-3-10(11)13/h2-3,8H,4-7,13H2,1H3. The van der Waals surface area contributed by atoms with E-state index in [0.717, 1.165) is 13.1 Å². The number of piperazine rings is 1. The molecule has 18 heavy (non-hydrogen) atoms. The van der Waals surface area contributed by atoms with Crippen molar-refractivity contribution in [2.45, 2.75) is 4.90 Å². The number of nitrogens with zero attached hydrogens (tertiary/aromatic N) is 2. The minimum atomic E-state index is -3.49. The summed E-state index contributed by atoms with van der Waals surface area (Å²) in [4.78, 5) is 2.29. The van der Waals surface area contributed by atoms with E-state index in [4.69, 9.17) is 5.73 Å². The minimum Gasteiger partial charge on any atom is -0.398 e. The van der Waals surface area contributed by atoms with E-state index in [1.54, 1.807) is 18.2 Å². The van der Waals surface area contributed by atoms with Crippen molar-refractivity contribution in [3.05, 3.63) is 22.7 Å². The van der Waals surface area contributed by atoms with Crippen LogP contribution in [0.1, 0.15) is 0 Å². The Hall–Kier alpha value is -0.630. The van der Waals surface area contributed by atoms with Crippen molar-refractivity contribution >= 4 is 31.6 Å². The molecule has 2 N–H and O–H groups in total. The topological polar surface area (TPSA) is 66.6 Å². The van der Waals surface area contributed by atoms with Gasteiger partial charge >= 0.3 is 0 Å². The molecular weight excluding hydrogens is 318 g/mol. The smallest absolute Gasteiger partial charge is 0.245 e. The zero-order valence-corrected chi connectivity index (χ0v) is 12.5. The molecule has 1 aromatic rings. The summed E-state index contributed by atoms with van der Waals surface area (Å²) in [6.07, 6.45) is 0. The van der Waals surface area contributed by atoms with Gasteiger partial charge in [0.25, 0.3) is 0 Å². The number of nitrogen functional groups attached to an aromatic ring is 1. The van der Waals surface area contributed by atoms with Gasteiger partial charge in [0.1, 0.15) is 4.90 Å². The zero-order valence-electron chi connectivity index (χ0n) is 10.1. The van der Waals surface area contributed by atoms with Crippen LogP contribution in [0, 0.1) is 0 Å². The molecule has 1 aromatic carbocycles. The predicted octanol–water partition coefficient (Wildman–Crippen LogP) is 0.967. The number of sulfonamides is 1. The van der Waals surface area contributed by atoms with Crippen molar-refractivity contribution in [2.24, 2.45) is 0 Å². The maximum absolute atomic E-state index is 12.5. The van der Waals surface area contributed by atoms with Crippen LogP contribution in [0.5, 0.6) is 0 Å². The molecule has 0 aliphatic carbocycles. The van der Waals surface area contributed by atoms with Gasteiger partial charge in [-0.25, -0.2) is 8.42 Å². The number of nitrogens with two attached hydrogens (primary N) is 1. The average Bonchev–Trinajstić information content (AvgIpc) is 2.32. The number of hydrogen-bond donors (Lipinski definition) is 1. The molecule has 0 spiro atoms. The summed E-state index contributed by atoms with van der Waals surface area (Å²) in [5.41, 5.74) is 6.06. The minimum absolute atomic E-state index is 0.182. The third-order valence-corrected chi connectivity index (χ3v) is 5.50. The zero-order chi connectivity index (χ0) is 13.3. The maximum atomic E-state index is 12.5. The molecule has 0 atom stereocenters. The van der Waals surface area contributed by atoms with E-state index in [0.29, 0.717) is 17.6 Å². The molecule has 7 heteroatoms. The van der Waals surface area contributed by atoms with E-state index in [1.165, 1.54) is 4.31 Å². The van der Waals surface area contributed by atoms with Crippen LogP contribution >= 0.6 is 15.9 Å². The number of likely N-dealkylation sites (N-methyl/N-ethyl adjacent to an activating group) is 1. The van der Waals surface area contributed by atoms with E-state index in [2.05, 4.69) is 20.8 Å². The fourth-order valence-electron chi connectivity index (χ4n) is 1.90. The highest BCUT2D eigenvalue weighted by Gasteiger charge is 2.29. The molecule has 1 fully saturated rings. The normalized spacial score (nSPS) is 19.0. The number of benzene rings is 1. The molecule has 0 aromatic heterocycles. The van der Waals surface area contributed by atoms with Gasteiger partial charge < -0.3 is 10.6 Å². The van der Waals surface area contributed by atoms with Gasteiger partial charge in [-0.3, -0.25) is 0 Å². The SMILES string of the molecule is CN1CCN(S(=O)(=O)c2cc(Br)ccc2N)CC1. The van der Waals surface area contributed by atoms with Gasteiger partial charge in [-0.2, -0.15) is 4.31 Å². The van der Waals surface area contributed by atoms with Gasteiger partial charge in [-0.1, -0.05) is 15.9 Å². The van der Waals surface area contributed by atoms with Crippen LogP contribution in [-0.4, -0.2) is 50.8 Å². The van der Waals surface area contributed by atoms with Gasteiger partial charge in [0, 0.05) is 30.7 Å². The molecule has 2 rings (SSSR count). The lowest BCUT2D eigenvalue weighted by molar-refractivity contribution is 0.222. The second-order valence-corrected chi connectivity index (χ2v) is 7.21. The van der Waals surface area contributed by atoms with E-state index in [-0.39, 0.29) is 10.6 Å². The van der Waals surface area contributed by atoms with Crippen molar-refractivity contribution < 1.29 is 8.42 Å². The lowest BCUT2D eigenvalue weighted by atomic mass is 10.3. The number of rotatable bonds is 2. The number of halogens is 1. The van der Waals surface area contributed by atoms with Gasteiger partial charge in [-0.05, 0) is 25.2 Å². The fourth-order valence-corrected chi connectivity index (χ4v) is 3.98. The Kier molecular flexibility index (Phi) is 3.96. The second kappa shape index (κ2) is 5.16. The molecule has 0 saturated carbocycles. The Labute approximate surface area is 116 Å². The largest absolute Gasteiger partial charge is 0.398 e. The fraction of sp³-hybridized carbons (Fsp3) is 0.455. The highest BCUT2D eigenvalue weighted by Crippen LogP contribution is 2.26. The van der Waals surface area contributed by atoms with Crippen molar-refractivity contribution in [2.75, 3.05) is 39.0 Å². The monoisotopic (exact) mass is 333 g/mol. The molecule has 0 bridgehead atoms. The first-order chi connectivity index (χ1) is 8.41. The second-order valence-electron chi connectivity index (χ2n) is 4.39. The molecule has 0 amide bonds. The van der Waals surface area contributed by atoms with E-state index < -0.39 is 10.0 Å². The first kappa shape index (κ1) is 13.8. The summed E-state index contributed by atoms with van der Waals surface area (Å²) in [5.74, 6) is 0. The van der Waals surface area contributed by atoms with Crippen LogP contribution in [-0.2, 0) is 10.0 Å². The van der Waals surface area contributed by atoms with Crippen LogP contribution in [0.4, 0.5) is 5.69 Å². The van der Waals surface area contributed by atoms with E-state index in [1.807, 2.05) is 7.05 Å². The summed E-state index contributed by atoms with van der Waals surface area (Å²) >= 11 is 3.28. The predicted molar refractivity (Wildman–Crippen MR) is 74.8 cm³/mol. The molecule has 0 radical (unpaired) electrons. The molecular formula is C11H16BrN3O2S. The highest BCUT2D eigenvalue weighted by atomic mass is 79.9. The molecule has 5 nitrogen and oxygen atoms in total. The summed E-state index contributed by atoms with van der Waals surface area (Å²) in [7, 11) is -1.50. The Morgan fingerprint density at radius 1 is 1.22 bits per heavy atom. The highest BCUT2D eigenvalue weighted by molar-refractivity contribution is 9.10. The van der Waals surface area contributed by atoms with Gasteiger partial charge in [0.05, 0.1) is 5.69 Å². The summed E-state index contributed by atoms with van der Waals surface area (Å²) < 4.78 is 27.2. The Bertz CT molecular complexity index is 539. The van der Waals surface area contributed by atoms with Gasteiger partial charge in [0.15, 0.2) is 0 Å². The molecule has 0 unspecified atom stereocenters. The third kappa shape index (κ3) is 2.69. The van der Waals surface area contributed by atoms with Crippen molar-refractivity contribution in [1.82, 2.24) is 9.21 Å². The van der Waals surface area contributed by atoms with Crippen molar-refractivity contribution in [3.63, 3.8) is 0 Å². The van der Waals surface area contributed by atoms with Crippen molar-refractivity contribution in [3.8, 4) is 0 Å². The molecule has 100 valence electrons.